The number of ether oxygens (including phenoxy) is 2. The van der Waals surface area contributed by atoms with Crippen LogP contribution in [0.2, 0.25) is 0 Å². The average Bonchev–Trinajstić information content (AvgIpc) is 2.84. The van der Waals surface area contributed by atoms with Crippen molar-refractivity contribution >= 4 is 5.91 Å². The van der Waals surface area contributed by atoms with Crippen LogP contribution in [0.25, 0.3) is 0 Å². The Balaban J connectivity index is 1.67. The minimum Gasteiger partial charge on any atom is -0.377 e. The lowest BCUT2D eigenvalue weighted by Gasteiger charge is -2.44. The summed E-state index contributed by atoms with van der Waals surface area (Å²) in [6.07, 6.45) is 2.20. The molecule has 134 valence electrons. The van der Waals surface area contributed by atoms with Gasteiger partial charge in [-0.05, 0) is 19.9 Å². The van der Waals surface area contributed by atoms with Crippen LogP contribution in [0.5, 0.6) is 0 Å². The van der Waals surface area contributed by atoms with Crippen molar-refractivity contribution in [3.8, 4) is 0 Å². The first-order chi connectivity index (χ1) is 11.5. The zero-order valence-corrected chi connectivity index (χ0v) is 14.9. The number of rotatable bonds is 3. The van der Waals surface area contributed by atoms with Crippen molar-refractivity contribution in [3.63, 3.8) is 0 Å². The normalized spacial score (nSPS) is 26.1. The van der Waals surface area contributed by atoms with Crippen LogP contribution in [-0.2, 0) is 27.7 Å². The molecule has 24 heavy (non-hydrogen) atoms. The molecule has 1 unspecified atom stereocenters. The Morgan fingerprint density at radius 3 is 2.88 bits per heavy atom. The van der Waals surface area contributed by atoms with Crippen LogP contribution in [0.4, 0.5) is 0 Å². The van der Waals surface area contributed by atoms with E-state index in [2.05, 4.69) is 23.8 Å². The molecule has 0 aromatic carbocycles. The molecule has 0 aliphatic carbocycles. The zero-order valence-electron chi connectivity index (χ0n) is 14.9. The number of amides is 1. The van der Waals surface area contributed by atoms with Crippen LogP contribution in [0.3, 0.4) is 0 Å². The number of aryl methyl sites for hydroxylation is 1. The van der Waals surface area contributed by atoms with Crippen molar-refractivity contribution in [1.29, 1.82) is 0 Å². The summed E-state index contributed by atoms with van der Waals surface area (Å²) in [6.45, 7) is 9.12. The molecule has 1 aromatic rings. The van der Waals surface area contributed by atoms with Gasteiger partial charge in [0.2, 0.25) is 5.91 Å². The van der Waals surface area contributed by atoms with Crippen molar-refractivity contribution in [3.05, 3.63) is 18.0 Å². The summed E-state index contributed by atoms with van der Waals surface area (Å²) in [7, 11) is 1.86. The van der Waals surface area contributed by atoms with Crippen LogP contribution in [0.15, 0.2) is 12.3 Å². The fourth-order valence-electron chi connectivity index (χ4n) is 3.44. The maximum absolute atomic E-state index is 12.7. The van der Waals surface area contributed by atoms with E-state index in [4.69, 9.17) is 9.47 Å². The third-order valence-electron chi connectivity index (χ3n) is 4.81. The van der Waals surface area contributed by atoms with Gasteiger partial charge < -0.3 is 14.4 Å². The maximum atomic E-state index is 12.7. The lowest BCUT2D eigenvalue weighted by molar-refractivity contribution is -0.161. The number of carbonyl (C=O) groups excluding carboxylic acids is 1. The highest BCUT2D eigenvalue weighted by molar-refractivity contribution is 5.78. The maximum Gasteiger partial charge on any atom is 0.228 e. The van der Waals surface area contributed by atoms with E-state index in [1.807, 2.05) is 24.2 Å². The van der Waals surface area contributed by atoms with Gasteiger partial charge in [-0.2, -0.15) is 5.10 Å². The first-order valence-electron chi connectivity index (χ1n) is 8.69. The smallest absolute Gasteiger partial charge is 0.228 e. The minimum absolute atomic E-state index is 0.108. The number of morpholine rings is 1. The fraction of sp³-hybridized carbons (Fsp3) is 0.765. The number of hydrogen-bond acceptors (Lipinski definition) is 5. The quantitative estimate of drug-likeness (QED) is 0.795. The topological polar surface area (TPSA) is 59.8 Å². The predicted octanol–water partition coefficient (Wildman–Crippen LogP) is 0.301. The van der Waals surface area contributed by atoms with Crippen LogP contribution in [-0.4, -0.2) is 83.1 Å². The summed E-state index contributed by atoms with van der Waals surface area (Å²) in [6, 6.07) is 2.33. The predicted molar refractivity (Wildman–Crippen MR) is 89.7 cm³/mol. The van der Waals surface area contributed by atoms with Gasteiger partial charge in [-0.1, -0.05) is 0 Å². The van der Waals surface area contributed by atoms with E-state index in [1.54, 1.807) is 4.68 Å². The Morgan fingerprint density at radius 1 is 1.33 bits per heavy atom. The number of nitrogens with zero attached hydrogens (tertiary/aromatic N) is 4. The highest BCUT2D eigenvalue weighted by atomic mass is 16.5. The molecular formula is C17H28N4O3. The van der Waals surface area contributed by atoms with Crippen molar-refractivity contribution in [1.82, 2.24) is 19.6 Å². The molecule has 7 nitrogen and oxygen atoms in total. The summed E-state index contributed by atoms with van der Waals surface area (Å²) in [5, 5.41) is 4.30. The summed E-state index contributed by atoms with van der Waals surface area (Å²) < 4.78 is 13.6. The molecule has 2 fully saturated rings. The molecule has 2 saturated heterocycles. The first kappa shape index (κ1) is 17.4. The Bertz CT molecular complexity index is 574. The number of aromatic nitrogens is 2. The lowest BCUT2D eigenvalue weighted by atomic mass is 10.0. The Labute approximate surface area is 143 Å². The minimum atomic E-state index is -0.418. The van der Waals surface area contributed by atoms with E-state index in [0.29, 0.717) is 45.4 Å². The van der Waals surface area contributed by atoms with Crippen molar-refractivity contribution in [2.75, 3.05) is 46.0 Å². The molecule has 0 N–H and O–H groups in total. The monoisotopic (exact) mass is 336 g/mol. The zero-order chi connectivity index (χ0) is 17.2. The molecular weight excluding hydrogens is 308 g/mol. The second kappa shape index (κ2) is 7.21. The fourth-order valence-corrected chi connectivity index (χ4v) is 3.44. The Morgan fingerprint density at radius 2 is 2.17 bits per heavy atom. The molecule has 7 heteroatoms. The van der Waals surface area contributed by atoms with Gasteiger partial charge in [0.1, 0.15) is 5.60 Å². The SMILES string of the molecule is CC(C)N1CCOCC2(CN(C(=O)Cc3ccn(C)n3)CCO2)C1. The first-order valence-corrected chi connectivity index (χ1v) is 8.69. The van der Waals surface area contributed by atoms with Crippen molar-refractivity contribution < 1.29 is 14.3 Å². The van der Waals surface area contributed by atoms with Crippen LogP contribution in [0.1, 0.15) is 19.5 Å². The van der Waals surface area contributed by atoms with Gasteiger partial charge >= 0.3 is 0 Å². The van der Waals surface area contributed by atoms with E-state index in [1.165, 1.54) is 0 Å². The number of hydrogen-bond donors (Lipinski definition) is 0. The summed E-state index contributed by atoms with van der Waals surface area (Å²) in [4.78, 5) is 17.0. The molecule has 3 rings (SSSR count). The molecule has 1 aromatic heterocycles. The highest BCUT2D eigenvalue weighted by Gasteiger charge is 2.41. The second-order valence-electron chi connectivity index (χ2n) is 7.12. The molecule has 0 radical (unpaired) electrons. The third-order valence-corrected chi connectivity index (χ3v) is 4.81. The van der Waals surface area contributed by atoms with E-state index < -0.39 is 5.60 Å². The van der Waals surface area contributed by atoms with Crippen LogP contribution >= 0.6 is 0 Å². The van der Waals surface area contributed by atoms with Gasteiger partial charge in [0, 0.05) is 38.9 Å². The van der Waals surface area contributed by atoms with Crippen molar-refractivity contribution in [2.45, 2.75) is 31.9 Å². The van der Waals surface area contributed by atoms with Crippen LogP contribution < -0.4 is 0 Å². The van der Waals surface area contributed by atoms with Crippen molar-refractivity contribution in [2.24, 2.45) is 7.05 Å². The van der Waals surface area contributed by atoms with Gasteiger partial charge in [0.25, 0.3) is 0 Å². The van der Waals surface area contributed by atoms with E-state index in [-0.39, 0.29) is 5.91 Å². The van der Waals surface area contributed by atoms with Gasteiger partial charge in [-0.3, -0.25) is 14.4 Å². The molecule has 0 saturated carbocycles. The molecule has 0 bridgehead atoms. The highest BCUT2D eigenvalue weighted by Crippen LogP contribution is 2.24. The van der Waals surface area contributed by atoms with E-state index in [0.717, 1.165) is 18.8 Å². The summed E-state index contributed by atoms with van der Waals surface area (Å²) >= 11 is 0. The molecule has 2 aliphatic heterocycles. The van der Waals surface area contributed by atoms with Crippen LogP contribution in [0, 0.1) is 0 Å². The van der Waals surface area contributed by atoms with Gasteiger partial charge in [-0.25, -0.2) is 0 Å². The molecule has 1 atom stereocenters. The second-order valence-corrected chi connectivity index (χ2v) is 7.12. The third kappa shape index (κ3) is 3.96. The Kier molecular flexibility index (Phi) is 5.22. The largest absolute Gasteiger partial charge is 0.377 e. The number of carbonyl (C=O) groups is 1. The summed E-state index contributed by atoms with van der Waals surface area (Å²) in [5.74, 6) is 0.108. The van der Waals surface area contributed by atoms with E-state index in [9.17, 15) is 4.79 Å². The molecule has 2 aliphatic rings. The van der Waals surface area contributed by atoms with E-state index >= 15 is 0 Å². The van der Waals surface area contributed by atoms with Gasteiger partial charge in [0.15, 0.2) is 0 Å². The standard InChI is InChI=1S/C17H28N4O3/c1-14(2)20-6-8-23-13-17(11-20)12-21(7-9-24-17)16(22)10-15-4-5-19(3)18-15/h4-5,14H,6-13H2,1-3H3. The van der Waals surface area contributed by atoms with Gasteiger partial charge in [0.05, 0.1) is 38.5 Å². The molecule has 1 spiro atoms. The molecule has 3 heterocycles. The summed E-state index contributed by atoms with van der Waals surface area (Å²) in [5.41, 5.74) is 0.391. The van der Waals surface area contributed by atoms with Gasteiger partial charge in [-0.15, -0.1) is 0 Å². The Hall–Kier alpha value is -1.44. The lowest BCUT2D eigenvalue weighted by Crippen LogP contribution is -2.60. The molecule has 1 amide bonds. The average molecular weight is 336 g/mol.